The quantitative estimate of drug-likeness (QED) is 0.722. The predicted molar refractivity (Wildman–Crippen MR) is 72.4 cm³/mol. The van der Waals surface area contributed by atoms with E-state index in [1.54, 1.807) is 0 Å². The highest BCUT2D eigenvalue weighted by atomic mass is 127. The van der Waals surface area contributed by atoms with Crippen LogP contribution in [0.1, 0.15) is 13.8 Å². The maximum absolute atomic E-state index is 8.85. The first-order chi connectivity index (χ1) is 6.46. The third-order valence-corrected chi connectivity index (χ3v) is 2.37. The SMILES string of the molecule is CN1CCN(C)C1=NCC(C)(C)C#N.I. The summed E-state index contributed by atoms with van der Waals surface area (Å²) in [5, 5.41) is 8.85. The number of aliphatic imine (C=N–C) groups is 1. The van der Waals surface area contributed by atoms with Crippen LogP contribution in [0, 0.1) is 16.7 Å². The lowest BCUT2D eigenvalue weighted by Crippen LogP contribution is -2.29. The second kappa shape index (κ2) is 5.54. The Labute approximate surface area is 109 Å². The summed E-state index contributed by atoms with van der Waals surface area (Å²) in [6, 6.07) is 2.25. The molecule has 86 valence electrons. The molecule has 1 aliphatic heterocycles. The van der Waals surface area contributed by atoms with Gasteiger partial charge >= 0.3 is 0 Å². The van der Waals surface area contributed by atoms with Crippen LogP contribution in [0.2, 0.25) is 0 Å². The van der Waals surface area contributed by atoms with E-state index in [-0.39, 0.29) is 29.4 Å². The van der Waals surface area contributed by atoms with Crippen LogP contribution < -0.4 is 0 Å². The van der Waals surface area contributed by atoms with Gasteiger partial charge in [-0.25, -0.2) is 0 Å². The van der Waals surface area contributed by atoms with E-state index in [1.165, 1.54) is 0 Å². The van der Waals surface area contributed by atoms with Crippen molar-refractivity contribution in [2.75, 3.05) is 33.7 Å². The van der Waals surface area contributed by atoms with Crippen LogP contribution in [0.3, 0.4) is 0 Å². The molecule has 0 saturated carbocycles. The van der Waals surface area contributed by atoms with Crippen molar-refractivity contribution in [2.45, 2.75) is 13.8 Å². The van der Waals surface area contributed by atoms with Crippen molar-refractivity contribution in [3.8, 4) is 6.07 Å². The Morgan fingerprint density at radius 1 is 1.33 bits per heavy atom. The van der Waals surface area contributed by atoms with Gasteiger partial charge in [0, 0.05) is 27.2 Å². The molecule has 0 aliphatic carbocycles. The lowest BCUT2D eigenvalue weighted by molar-refractivity contribution is 0.493. The highest BCUT2D eigenvalue weighted by Crippen LogP contribution is 2.14. The van der Waals surface area contributed by atoms with Gasteiger partial charge in [0.05, 0.1) is 18.0 Å². The van der Waals surface area contributed by atoms with Crippen molar-refractivity contribution in [2.24, 2.45) is 10.4 Å². The van der Waals surface area contributed by atoms with E-state index in [1.807, 2.05) is 27.9 Å². The third kappa shape index (κ3) is 3.86. The zero-order chi connectivity index (χ0) is 10.8. The van der Waals surface area contributed by atoms with Gasteiger partial charge < -0.3 is 9.80 Å². The van der Waals surface area contributed by atoms with Gasteiger partial charge in [-0.05, 0) is 13.8 Å². The van der Waals surface area contributed by atoms with Crippen LogP contribution in [-0.2, 0) is 0 Å². The molecule has 1 saturated heterocycles. The number of rotatable bonds is 2. The number of nitriles is 1. The molecule has 0 amide bonds. The first-order valence-corrected chi connectivity index (χ1v) is 4.84. The molecule has 4 nitrogen and oxygen atoms in total. The van der Waals surface area contributed by atoms with Crippen molar-refractivity contribution >= 4 is 29.9 Å². The molecule has 1 aliphatic rings. The van der Waals surface area contributed by atoms with Gasteiger partial charge in [-0.2, -0.15) is 5.26 Å². The molecule has 0 atom stereocenters. The molecule has 0 N–H and O–H groups in total. The van der Waals surface area contributed by atoms with E-state index in [0.717, 1.165) is 19.0 Å². The predicted octanol–water partition coefficient (Wildman–Crippen LogP) is 1.39. The Bertz CT molecular complexity index is 268. The summed E-state index contributed by atoms with van der Waals surface area (Å²) in [7, 11) is 4.06. The molecule has 0 aromatic heterocycles. The van der Waals surface area contributed by atoms with Gasteiger partial charge in [-0.1, -0.05) is 0 Å². The second-order valence-corrected chi connectivity index (χ2v) is 4.46. The number of hydrogen-bond acceptors (Lipinski definition) is 2. The van der Waals surface area contributed by atoms with Gasteiger partial charge in [-0.15, -0.1) is 24.0 Å². The number of hydrogen-bond donors (Lipinski definition) is 0. The Morgan fingerprint density at radius 3 is 2.20 bits per heavy atom. The van der Waals surface area contributed by atoms with Gasteiger partial charge in [-0.3, -0.25) is 4.99 Å². The third-order valence-electron chi connectivity index (χ3n) is 2.37. The summed E-state index contributed by atoms with van der Waals surface area (Å²) >= 11 is 0. The minimum Gasteiger partial charge on any atom is -0.344 e. The minimum atomic E-state index is -0.364. The highest BCUT2D eigenvalue weighted by Gasteiger charge is 2.22. The van der Waals surface area contributed by atoms with E-state index >= 15 is 0 Å². The topological polar surface area (TPSA) is 42.6 Å². The molecule has 1 fully saturated rings. The molecule has 0 spiro atoms. The molecule has 15 heavy (non-hydrogen) atoms. The van der Waals surface area contributed by atoms with Crippen LogP contribution in [-0.4, -0.2) is 49.5 Å². The van der Waals surface area contributed by atoms with E-state index < -0.39 is 0 Å². The van der Waals surface area contributed by atoms with Crippen molar-refractivity contribution in [3.63, 3.8) is 0 Å². The Morgan fingerprint density at radius 2 is 1.80 bits per heavy atom. The summed E-state index contributed by atoms with van der Waals surface area (Å²) in [5.41, 5.74) is -0.364. The maximum atomic E-state index is 8.85. The van der Waals surface area contributed by atoms with Gasteiger partial charge in [0.25, 0.3) is 0 Å². The normalized spacial score (nSPS) is 16.1. The largest absolute Gasteiger partial charge is 0.344 e. The fraction of sp³-hybridized carbons (Fsp3) is 0.800. The first kappa shape index (κ1) is 14.5. The Balaban J connectivity index is 0.00000196. The van der Waals surface area contributed by atoms with E-state index in [0.29, 0.717) is 6.54 Å². The summed E-state index contributed by atoms with van der Waals surface area (Å²) in [6.45, 7) is 6.41. The van der Waals surface area contributed by atoms with Crippen molar-refractivity contribution < 1.29 is 0 Å². The molecule has 0 aromatic rings. The van der Waals surface area contributed by atoms with E-state index in [2.05, 4.69) is 20.9 Å². The number of guanidine groups is 1. The lowest BCUT2D eigenvalue weighted by atomic mass is 9.96. The van der Waals surface area contributed by atoms with E-state index in [9.17, 15) is 0 Å². The molecule has 0 bridgehead atoms. The number of likely N-dealkylation sites (N-methyl/N-ethyl adjacent to an activating group) is 2. The molecular formula is C10H19IN4. The van der Waals surface area contributed by atoms with Crippen molar-refractivity contribution in [3.05, 3.63) is 0 Å². The Kier molecular flexibility index (Phi) is 5.35. The standard InChI is InChI=1S/C10H18N4.HI/c1-10(2,7-11)8-12-9-13(3)5-6-14(9)4;/h5-6,8H2,1-4H3;1H. The zero-order valence-electron chi connectivity index (χ0n) is 9.82. The molecular weight excluding hydrogens is 303 g/mol. The summed E-state index contributed by atoms with van der Waals surface area (Å²) in [5.74, 6) is 0.994. The Hall–Kier alpha value is -0.510. The molecule has 1 rings (SSSR count). The average Bonchev–Trinajstić information content (AvgIpc) is 2.44. The highest BCUT2D eigenvalue weighted by molar-refractivity contribution is 14.0. The lowest BCUT2D eigenvalue weighted by Gasteiger charge is -2.18. The van der Waals surface area contributed by atoms with Crippen molar-refractivity contribution in [1.29, 1.82) is 5.26 Å². The van der Waals surface area contributed by atoms with E-state index in [4.69, 9.17) is 5.26 Å². The van der Waals surface area contributed by atoms with Crippen LogP contribution >= 0.6 is 24.0 Å². The van der Waals surface area contributed by atoms with Crippen LogP contribution in [0.5, 0.6) is 0 Å². The van der Waals surface area contributed by atoms with Gasteiger partial charge in [0.15, 0.2) is 5.96 Å². The van der Waals surface area contributed by atoms with Crippen LogP contribution in [0.15, 0.2) is 4.99 Å². The van der Waals surface area contributed by atoms with Crippen molar-refractivity contribution in [1.82, 2.24) is 9.80 Å². The van der Waals surface area contributed by atoms with Gasteiger partial charge in [0.1, 0.15) is 0 Å². The summed E-state index contributed by atoms with van der Waals surface area (Å²) in [4.78, 5) is 8.71. The molecule has 0 aromatic carbocycles. The molecule has 0 radical (unpaired) electrons. The van der Waals surface area contributed by atoms with Crippen LogP contribution in [0.25, 0.3) is 0 Å². The summed E-state index contributed by atoms with van der Waals surface area (Å²) in [6.07, 6.45) is 0. The van der Waals surface area contributed by atoms with Crippen LogP contribution in [0.4, 0.5) is 0 Å². The smallest absolute Gasteiger partial charge is 0.196 e. The number of halogens is 1. The monoisotopic (exact) mass is 322 g/mol. The second-order valence-electron chi connectivity index (χ2n) is 4.46. The zero-order valence-corrected chi connectivity index (χ0v) is 12.1. The fourth-order valence-corrected chi connectivity index (χ4v) is 1.34. The minimum absolute atomic E-state index is 0. The number of nitrogens with zero attached hydrogens (tertiary/aromatic N) is 4. The van der Waals surface area contributed by atoms with Gasteiger partial charge in [0.2, 0.25) is 0 Å². The molecule has 1 heterocycles. The molecule has 0 unspecified atom stereocenters. The average molecular weight is 322 g/mol. The first-order valence-electron chi connectivity index (χ1n) is 4.84. The fourth-order valence-electron chi connectivity index (χ4n) is 1.34. The summed E-state index contributed by atoms with van der Waals surface area (Å²) < 4.78 is 0. The molecule has 5 heteroatoms. The maximum Gasteiger partial charge on any atom is 0.196 e.